The predicted octanol–water partition coefficient (Wildman–Crippen LogP) is 1.20. The van der Waals surface area contributed by atoms with Gasteiger partial charge in [0, 0.05) is 37.8 Å². The van der Waals surface area contributed by atoms with E-state index >= 15 is 0 Å². The van der Waals surface area contributed by atoms with E-state index in [1.165, 1.54) is 4.57 Å². The van der Waals surface area contributed by atoms with Crippen LogP contribution in [0.25, 0.3) is 0 Å². The van der Waals surface area contributed by atoms with Gasteiger partial charge >= 0.3 is 0 Å². The molecular formula is C11H14N4OS. The summed E-state index contributed by atoms with van der Waals surface area (Å²) in [6.07, 6.45) is 4.04. The third kappa shape index (κ3) is 2.91. The van der Waals surface area contributed by atoms with Crippen LogP contribution in [0.15, 0.2) is 22.6 Å². The van der Waals surface area contributed by atoms with Gasteiger partial charge in [-0.05, 0) is 6.92 Å². The molecule has 0 aliphatic rings. The molecule has 2 heterocycles. The lowest BCUT2D eigenvalue weighted by atomic mass is 10.3. The smallest absolute Gasteiger partial charge is 0.293 e. The van der Waals surface area contributed by atoms with Crippen molar-refractivity contribution >= 4 is 17.2 Å². The van der Waals surface area contributed by atoms with Gasteiger partial charge in [0.2, 0.25) is 0 Å². The van der Waals surface area contributed by atoms with Crippen molar-refractivity contribution in [2.75, 3.05) is 11.9 Å². The normalized spacial score (nSPS) is 10.5. The Morgan fingerprint density at radius 1 is 1.53 bits per heavy atom. The van der Waals surface area contributed by atoms with Gasteiger partial charge in [0.1, 0.15) is 0 Å². The Morgan fingerprint density at radius 2 is 2.35 bits per heavy atom. The van der Waals surface area contributed by atoms with E-state index in [2.05, 4.69) is 15.3 Å². The van der Waals surface area contributed by atoms with Crippen molar-refractivity contribution in [3.05, 3.63) is 38.8 Å². The summed E-state index contributed by atoms with van der Waals surface area (Å²) in [6.45, 7) is 2.64. The third-order valence-corrected chi connectivity index (χ3v) is 3.18. The molecule has 0 atom stereocenters. The summed E-state index contributed by atoms with van der Waals surface area (Å²) in [6, 6.07) is 0. The summed E-state index contributed by atoms with van der Waals surface area (Å²) in [4.78, 5) is 20.0. The zero-order valence-electron chi connectivity index (χ0n) is 9.80. The molecule has 0 fully saturated rings. The second-order valence-corrected chi connectivity index (χ2v) is 4.79. The Morgan fingerprint density at radius 3 is 3.06 bits per heavy atom. The van der Waals surface area contributed by atoms with Crippen LogP contribution in [0.5, 0.6) is 0 Å². The van der Waals surface area contributed by atoms with E-state index < -0.39 is 0 Å². The predicted molar refractivity (Wildman–Crippen MR) is 68.5 cm³/mol. The lowest BCUT2D eigenvalue weighted by Crippen LogP contribution is -2.22. The highest BCUT2D eigenvalue weighted by molar-refractivity contribution is 7.09. The van der Waals surface area contributed by atoms with Gasteiger partial charge in [0.05, 0.1) is 10.7 Å². The number of aromatic nitrogens is 3. The molecule has 2 aromatic heterocycles. The first-order valence-corrected chi connectivity index (χ1v) is 6.21. The summed E-state index contributed by atoms with van der Waals surface area (Å²) in [5.41, 5.74) is 0.940. The molecule has 0 amide bonds. The number of hydrogen-bond acceptors (Lipinski definition) is 5. The number of thiazole rings is 1. The van der Waals surface area contributed by atoms with E-state index in [4.69, 9.17) is 0 Å². The minimum absolute atomic E-state index is 0.109. The van der Waals surface area contributed by atoms with Crippen LogP contribution in [0.4, 0.5) is 5.82 Å². The first-order chi connectivity index (χ1) is 8.16. The van der Waals surface area contributed by atoms with E-state index in [1.54, 1.807) is 30.8 Å². The van der Waals surface area contributed by atoms with Crippen LogP contribution in [0.2, 0.25) is 0 Å². The maximum atomic E-state index is 11.6. The number of hydrogen-bond donors (Lipinski definition) is 1. The van der Waals surface area contributed by atoms with Crippen molar-refractivity contribution in [3.8, 4) is 0 Å². The van der Waals surface area contributed by atoms with E-state index in [0.717, 1.165) is 17.1 Å². The molecule has 5 nitrogen and oxygen atoms in total. The molecule has 0 bridgehead atoms. The molecule has 0 saturated heterocycles. The first kappa shape index (κ1) is 11.8. The maximum absolute atomic E-state index is 11.6. The Hall–Kier alpha value is -1.69. The number of rotatable bonds is 4. The molecule has 17 heavy (non-hydrogen) atoms. The summed E-state index contributed by atoms with van der Waals surface area (Å²) >= 11 is 1.64. The van der Waals surface area contributed by atoms with Crippen molar-refractivity contribution in [2.45, 2.75) is 13.3 Å². The van der Waals surface area contributed by atoms with E-state index in [9.17, 15) is 4.79 Å². The zero-order chi connectivity index (χ0) is 12.3. The molecule has 0 aromatic carbocycles. The van der Waals surface area contributed by atoms with Gasteiger partial charge in [-0.2, -0.15) is 0 Å². The van der Waals surface area contributed by atoms with Crippen LogP contribution in [-0.2, 0) is 13.5 Å². The molecule has 90 valence electrons. The second-order valence-electron chi connectivity index (χ2n) is 3.73. The third-order valence-electron chi connectivity index (χ3n) is 2.36. The molecule has 0 aliphatic heterocycles. The lowest BCUT2D eigenvalue weighted by Gasteiger charge is -2.04. The zero-order valence-corrected chi connectivity index (χ0v) is 10.6. The van der Waals surface area contributed by atoms with Crippen molar-refractivity contribution in [1.29, 1.82) is 0 Å². The van der Waals surface area contributed by atoms with E-state index in [-0.39, 0.29) is 5.56 Å². The fourth-order valence-corrected chi connectivity index (χ4v) is 2.10. The van der Waals surface area contributed by atoms with Crippen LogP contribution in [0.3, 0.4) is 0 Å². The molecule has 0 spiro atoms. The van der Waals surface area contributed by atoms with Gasteiger partial charge in [0.25, 0.3) is 5.56 Å². The Bertz CT molecular complexity index is 561. The SMILES string of the molecule is Cc1nc(CCNc2nccn(C)c2=O)cs1. The van der Waals surface area contributed by atoms with Crippen molar-refractivity contribution in [2.24, 2.45) is 7.05 Å². The Kier molecular flexibility index (Phi) is 3.53. The fraction of sp³-hybridized carbons (Fsp3) is 0.364. The van der Waals surface area contributed by atoms with Gasteiger partial charge in [-0.25, -0.2) is 9.97 Å². The van der Waals surface area contributed by atoms with Crippen LogP contribution < -0.4 is 10.9 Å². The fourth-order valence-electron chi connectivity index (χ4n) is 1.45. The highest BCUT2D eigenvalue weighted by Gasteiger charge is 2.02. The lowest BCUT2D eigenvalue weighted by molar-refractivity contribution is 0.836. The molecule has 0 saturated carbocycles. The van der Waals surface area contributed by atoms with Crippen LogP contribution in [0, 0.1) is 6.92 Å². The molecule has 6 heteroatoms. The largest absolute Gasteiger partial charge is 0.365 e. The van der Waals surface area contributed by atoms with Gasteiger partial charge in [-0.1, -0.05) is 0 Å². The molecule has 2 rings (SSSR count). The Labute approximate surface area is 103 Å². The van der Waals surface area contributed by atoms with Crippen LogP contribution in [0.1, 0.15) is 10.7 Å². The minimum Gasteiger partial charge on any atom is -0.365 e. The summed E-state index contributed by atoms with van der Waals surface area (Å²) < 4.78 is 1.50. The molecule has 1 N–H and O–H groups in total. The number of nitrogens with zero attached hydrogens (tertiary/aromatic N) is 3. The van der Waals surface area contributed by atoms with E-state index in [0.29, 0.717) is 12.4 Å². The van der Waals surface area contributed by atoms with E-state index in [1.807, 2.05) is 12.3 Å². The topological polar surface area (TPSA) is 59.8 Å². The van der Waals surface area contributed by atoms with Crippen LogP contribution in [-0.4, -0.2) is 21.1 Å². The molecular weight excluding hydrogens is 236 g/mol. The second kappa shape index (κ2) is 5.09. The monoisotopic (exact) mass is 250 g/mol. The van der Waals surface area contributed by atoms with Crippen molar-refractivity contribution in [3.63, 3.8) is 0 Å². The molecule has 2 aromatic rings. The minimum atomic E-state index is -0.109. The molecule has 0 aliphatic carbocycles. The van der Waals surface area contributed by atoms with Gasteiger partial charge < -0.3 is 9.88 Å². The van der Waals surface area contributed by atoms with Gasteiger partial charge in [-0.3, -0.25) is 4.79 Å². The van der Waals surface area contributed by atoms with Crippen LogP contribution >= 0.6 is 11.3 Å². The standard InChI is InChI=1S/C11H14N4OS/c1-8-14-9(7-17-8)3-4-12-10-11(16)15(2)6-5-13-10/h5-7H,3-4H2,1-2H3,(H,12,13). The highest BCUT2D eigenvalue weighted by atomic mass is 32.1. The number of anilines is 1. The first-order valence-electron chi connectivity index (χ1n) is 5.33. The number of aryl methyl sites for hydroxylation is 2. The van der Waals surface area contributed by atoms with Crippen molar-refractivity contribution < 1.29 is 0 Å². The maximum Gasteiger partial charge on any atom is 0.293 e. The summed E-state index contributed by atoms with van der Waals surface area (Å²) in [5.74, 6) is 0.391. The Balaban J connectivity index is 1.94. The average Bonchev–Trinajstić information content (AvgIpc) is 2.70. The molecule has 0 unspecified atom stereocenters. The molecule has 0 radical (unpaired) electrons. The quantitative estimate of drug-likeness (QED) is 0.885. The highest BCUT2D eigenvalue weighted by Crippen LogP contribution is 2.08. The van der Waals surface area contributed by atoms with Crippen molar-refractivity contribution in [1.82, 2.24) is 14.5 Å². The average molecular weight is 250 g/mol. The summed E-state index contributed by atoms with van der Waals surface area (Å²) in [5, 5.41) is 6.13. The van der Waals surface area contributed by atoms with Gasteiger partial charge in [0.15, 0.2) is 5.82 Å². The number of nitrogens with one attached hydrogen (secondary N) is 1. The van der Waals surface area contributed by atoms with Gasteiger partial charge in [-0.15, -0.1) is 11.3 Å². The summed E-state index contributed by atoms with van der Waals surface area (Å²) in [7, 11) is 1.71.